The van der Waals surface area contributed by atoms with Crippen LogP contribution in [-0.2, 0) is 16.1 Å². The number of nitrogens with one attached hydrogen (secondary N) is 2. The van der Waals surface area contributed by atoms with Crippen LogP contribution < -0.4 is 10.7 Å². The predicted molar refractivity (Wildman–Crippen MR) is 118 cm³/mol. The van der Waals surface area contributed by atoms with Gasteiger partial charge in [0, 0.05) is 32.7 Å². The molecule has 2 fully saturated rings. The third-order valence-corrected chi connectivity index (χ3v) is 6.31. The lowest BCUT2D eigenvalue weighted by atomic mass is 10.00. The first-order chi connectivity index (χ1) is 14.9. The van der Waals surface area contributed by atoms with E-state index in [-0.39, 0.29) is 12.5 Å². The van der Waals surface area contributed by atoms with E-state index in [2.05, 4.69) is 58.1 Å². The van der Waals surface area contributed by atoms with Crippen LogP contribution in [0.4, 0.5) is 4.79 Å². The molecule has 31 heavy (non-hydrogen) atoms. The minimum absolute atomic E-state index is 0.155. The molecule has 0 aromatic heterocycles. The molecule has 2 aromatic carbocycles. The molecule has 2 aromatic rings. The van der Waals surface area contributed by atoms with Gasteiger partial charge in [0.05, 0.1) is 6.54 Å². The number of fused-ring (bicyclic) bond motifs is 1. The van der Waals surface area contributed by atoms with Crippen molar-refractivity contribution in [2.75, 3.05) is 32.7 Å². The summed E-state index contributed by atoms with van der Waals surface area (Å²) >= 11 is 0. The summed E-state index contributed by atoms with van der Waals surface area (Å²) in [6.45, 7) is 7.73. The van der Waals surface area contributed by atoms with Gasteiger partial charge in [0.25, 0.3) is 11.8 Å². The Morgan fingerprint density at radius 2 is 1.71 bits per heavy atom. The van der Waals surface area contributed by atoms with Crippen molar-refractivity contribution in [3.05, 3.63) is 48.0 Å². The summed E-state index contributed by atoms with van der Waals surface area (Å²) in [4.78, 5) is 41.3. The standard InChI is InChI=1S/C23H29N5O3/c1-3-23(2)21(30)28(22(31)24-23)25-20(29)16-27-13-11-26(12-14-27)15-18-9-6-8-17-7-4-5-10-19(17)18/h4-10H,3,11-16H2,1-2H3,(H,24,31)(H,25,29). The molecule has 0 saturated carbocycles. The molecule has 0 aliphatic carbocycles. The highest BCUT2D eigenvalue weighted by Crippen LogP contribution is 2.21. The van der Waals surface area contributed by atoms with Gasteiger partial charge in [-0.05, 0) is 29.7 Å². The number of carbonyl (C=O) groups excluding carboxylic acids is 3. The summed E-state index contributed by atoms with van der Waals surface area (Å²) in [5.41, 5.74) is 2.81. The Morgan fingerprint density at radius 3 is 2.42 bits per heavy atom. The molecule has 1 unspecified atom stereocenters. The highest BCUT2D eigenvalue weighted by atomic mass is 16.2. The summed E-state index contributed by atoms with van der Waals surface area (Å²) < 4.78 is 0. The van der Waals surface area contributed by atoms with Crippen molar-refractivity contribution in [3.8, 4) is 0 Å². The number of benzene rings is 2. The number of piperazine rings is 1. The number of urea groups is 1. The van der Waals surface area contributed by atoms with Crippen LogP contribution in [-0.4, -0.2) is 70.9 Å². The molecular formula is C23H29N5O3. The number of amides is 4. The first kappa shape index (κ1) is 21.3. The highest BCUT2D eigenvalue weighted by molar-refractivity contribution is 6.07. The minimum Gasteiger partial charge on any atom is -0.322 e. The second-order valence-electron chi connectivity index (χ2n) is 8.48. The fourth-order valence-electron chi connectivity index (χ4n) is 4.17. The van der Waals surface area contributed by atoms with Gasteiger partial charge in [-0.2, -0.15) is 5.01 Å². The molecule has 2 N–H and O–H groups in total. The van der Waals surface area contributed by atoms with E-state index in [0.29, 0.717) is 6.42 Å². The van der Waals surface area contributed by atoms with E-state index >= 15 is 0 Å². The first-order valence-electron chi connectivity index (χ1n) is 10.8. The molecule has 2 heterocycles. The summed E-state index contributed by atoms with van der Waals surface area (Å²) in [7, 11) is 0. The van der Waals surface area contributed by atoms with Gasteiger partial charge in [-0.1, -0.05) is 49.4 Å². The van der Waals surface area contributed by atoms with Gasteiger partial charge in [0.2, 0.25) is 0 Å². The molecule has 4 amide bonds. The lowest BCUT2D eigenvalue weighted by Crippen LogP contribution is -2.53. The Kier molecular flexibility index (Phi) is 5.93. The number of rotatable bonds is 6. The minimum atomic E-state index is -0.961. The molecule has 0 radical (unpaired) electrons. The molecule has 0 spiro atoms. The van der Waals surface area contributed by atoms with Crippen LogP contribution in [0.15, 0.2) is 42.5 Å². The van der Waals surface area contributed by atoms with Crippen LogP contribution in [0.5, 0.6) is 0 Å². The van der Waals surface area contributed by atoms with E-state index in [1.165, 1.54) is 16.3 Å². The highest BCUT2D eigenvalue weighted by Gasteiger charge is 2.47. The second kappa shape index (κ2) is 8.64. The Hall–Kier alpha value is -2.97. The third-order valence-electron chi connectivity index (χ3n) is 6.31. The van der Waals surface area contributed by atoms with Gasteiger partial charge in [-0.3, -0.25) is 24.8 Å². The van der Waals surface area contributed by atoms with Gasteiger partial charge in [-0.15, -0.1) is 0 Å². The smallest absolute Gasteiger partial charge is 0.322 e. The molecule has 164 valence electrons. The van der Waals surface area contributed by atoms with Crippen molar-refractivity contribution < 1.29 is 14.4 Å². The largest absolute Gasteiger partial charge is 0.344 e. The van der Waals surface area contributed by atoms with Crippen LogP contribution >= 0.6 is 0 Å². The maximum atomic E-state index is 12.4. The van der Waals surface area contributed by atoms with E-state index in [4.69, 9.17) is 0 Å². The van der Waals surface area contributed by atoms with Crippen LogP contribution in [0.25, 0.3) is 10.8 Å². The third kappa shape index (κ3) is 4.40. The van der Waals surface area contributed by atoms with Crippen molar-refractivity contribution in [1.29, 1.82) is 0 Å². The number of carbonyl (C=O) groups is 3. The van der Waals surface area contributed by atoms with Crippen LogP contribution in [0.2, 0.25) is 0 Å². The number of hydrogen-bond acceptors (Lipinski definition) is 5. The molecule has 8 nitrogen and oxygen atoms in total. The second-order valence-corrected chi connectivity index (χ2v) is 8.48. The Bertz CT molecular complexity index is 996. The SMILES string of the molecule is CCC1(C)NC(=O)N(NC(=O)CN2CCN(Cc3cccc4ccccc34)CC2)C1=O. The van der Waals surface area contributed by atoms with E-state index in [0.717, 1.165) is 37.7 Å². The van der Waals surface area contributed by atoms with Crippen LogP contribution in [0.1, 0.15) is 25.8 Å². The maximum Gasteiger partial charge on any atom is 0.344 e. The summed E-state index contributed by atoms with van der Waals surface area (Å²) in [6.07, 6.45) is 0.461. The quantitative estimate of drug-likeness (QED) is 0.691. The lowest BCUT2D eigenvalue weighted by Gasteiger charge is -2.34. The van der Waals surface area contributed by atoms with Gasteiger partial charge in [0.15, 0.2) is 0 Å². The van der Waals surface area contributed by atoms with E-state index in [1.807, 2.05) is 11.8 Å². The Labute approximate surface area is 182 Å². The molecule has 1 atom stereocenters. The van der Waals surface area contributed by atoms with E-state index in [1.54, 1.807) is 6.92 Å². The van der Waals surface area contributed by atoms with Crippen molar-refractivity contribution >= 4 is 28.6 Å². The zero-order chi connectivity index (χ0) is 22.0. The molecular weight excluding hydrogens is 394 g/mol. The molecule has 0 bridgehead atoms. The van der Waals surface area contributed by atoms with Crippen LogP contribution in [0.3, 0.4) is 0 Å². The summed E-state index contributed by atoms with van der Waals surface area (Å²) in [6, 6.07) is 14.2. The maximum absolute atomic E-state index is 12.4. The number of hydrogen-bond donors (Lipinski definition) is 2. The average molecular weight is 424 g/mol. The van der Waals surface area contributed by atoms with Gasteiger partial charge in [0.1, 0.15) is 5.54 Å². The molecule has 2 saturated heterocycles. The average Bonchev–Trinajstić information content (AvgIpc) is 2.99. The zero-order valence-electron chi connectivity index (χ0n) is 18.1. The van der Waals surface area contributed by atoms with Gasteiger partial charge in [-0.25, -0.2) is 4.79 Å². The fraction of sp³-hybridized carbons (Fsp3) is 0.435. The van der Waals surface area contributed by atoms with Gasteiger partial charge >= 0.3 is 6.03 Å². The molecule has 2 aliphatic heterocycles. The van der Waals surface area contributed by atoms with Crippen molar-refractivity contribution in [2.45, 2.75) is 32.4 Å². The van der Waals surface area contributed by atoms with Crippen LogP contribution in [0, 0.1) is 0 Å². The first-order valence-corrected chi connectivity index (χ1v) is 10.8. The number of nitrogens with zero attached hydrogens (tertiary/aromatic N) is 3. The number of hydrazine groups is 1. The van der Waals surface area contributed by atoms with Crippen molar-refractivity contribution in [1.82, 2.24) is 25.6 Å². The van der Waals surface area contributed by atoms with E-state index in [9.17, 15) is 14.4 Å². The fourth-order valence-corrected chi connectivity index (χ4v) is 4.17. The molecule has 2 aliphatic rings. The monoisotopic (exact) mass is 423 g/mol. The molecule has 8 heteroatoms. The molecule has 4 rings (SSSR count). The van der Waals surface area contributed by atoms with Gasteiger partial charge < -0.3 is 5.32 Å². The topological polar surface area (TPSA) is 85.0 Å². The van der Waals surface area contributed by atoms with Crippen molar-refractivity contribution in [3.63, 3.8) is 0 Å². The number of imide groups is 1. The Balaban J connectivity index is 1.28. The van der Waals surface area contributed by atoms with Crippen molar-refractivity contribution in [2.24, 2.45) is 0 Å². The normalized spacial score (nSPS) is 22.7. The lowest BCUT2D eigenvalue weighted by molar-refractivity contribution is -0.139. The van der Waals surface area contributed by atoms with E-state index < -0.39 is 17.5 Å². The Morgan fingerprint density at radius 1 is 1.03 bits per heavy atom. The summed E-state index contributed by atoms with van der Waals surface area (Å²) in [5, 5.41) is 5.96. The zero-order valence-corrected chi connectivity index (χ0v) is 18.1. The predicted octanol–water partition coefficient (Wildman–Crippen LogP) is 1.71. The summed E-state index contributed by atoms with van der Waals surface area (Å²) in [5.74, 6) is -0.778.